The van der Waals surface area contributed by atoms with E-state index in [4.69, 9.17) is 26.2 Å². The summed E-state index contributed by atoms with van der Waals surface area (Å²) in [4.78, 5) is 0. The molecule has 0 bridgehead atoms. The molecule has 3 nitrogen and oxygen atoms in total. The minimum atomic E-state index is -0.511. The van der Waals surface area contributed by atoms with Gasteiger partial charge in [0.1, 0.15) is 11.7 Å². The molecular weight excluding hydrogens is 236 g/mol. The van der Waals surface area contributed by atoms with Crippen LogP contribution in [-0.2, 0) is 9.31 Å². The van der Waals surface area contributed by atoms with Gasteiger partial charge in [-0.3, -0.25) is 0 Å². The predicted octanol–water partition coefficient (Wildman–Crippen LogP) is 2.25. The summed E-state index contributed by atoms with van der Waals surface area (Å²) in [6.45, 7) is 7.59. The minimum absolute atomic E-state index is 0.396. The van der Waals surface area contributed by atoms with Gasteiger partial charge in [-0.05, 0) is 31.4 Å². The van der Waals surface area contributed by atoms with Gasteiger partial charge in [0.05, 0.1) is 16.3 Å². The van der Waals surface area contributed by atoms with E-state index in [2.05, 4.69) is 6.58 Å². The molecule has 1 aromatic rings. The van der Waals surface area contributed by atoms with Gasteiger partial charge in [0.15, 0.2) is 0 Å². The molecule has 1 fully saturated rings. The van der Waals surface area contributed by atoms with Crippen LogP contribution in [0.3, 0.4) is 0 Å². The topological polar surface area (TPSA) is 42.2 Å². The third-order valence-electron chi connectivity index (χ3n) is 2.71. The van der Waals surface area contributed by atoms with Gasteiger partial charge in [-0.15, -0.1) is 0 Å². The molecule has 0 radical (unpaired) electrons. The number of nitriles is 1. The van der Waals surface area contributed by atoms with Crippen molar-refractivity contribution in [1.29, 1.82) is 5.26 Å². The third kappa shape index (κ3) is 2.17. The Balaban J connectivity index is 2.29. The second kappa shape index (κ2) is 4.10. The number of hydrogen-bond donors (Lipinski definition) is 0. The Morgan fingerprint density at radius 2 is 2.18 bits per heavy atom. The highest BCUT2D eigenvalue weighted by molar-refractivity contribution is 6.62. The molecule has 5 heteroatoms. The van der Waals surface area contributed by atoms with Gasteiger partial charge in [0.2, 0.25) is 0 Å². The van der Waals surface area contributed by atoms with E-state index >= 15 is 0 Å². The zero-order valence-electron chi connectivity index (χ0n) is 9.66. The van der Waals surface area contributed by atoms with Crippen LogP contribution in [0.2, 0.25) is 5.02 Å². The van der Waals surface area contributed by atoms with Crippen molar-refractivity contribution in [3.05, 3.63) is 41.1 Å². The molecule has 17 heavy (non-hydrogen) atoms. The molecule has 1 aliphatic rings. The fraction of sp³-hybridized carbons (Fsp3) is 0.250. The maximum absolute atomic E-state index is 8.79. The maximum atomic E-state index is 8.79. The molecule has 1 saturated heterocycles. The highest BCUT2D eigenvalue weighted by atomic mass is 35.5. The lowest BCUT2D eigenvalue weighted by Gasteiger charge is -2.15. The van der Waals surface area contributed by atoms with Crippen LogP contribution in [0.1, 0.15) is 19.4 Å². The number of rotatable bonds is 1. The van der Waals surface area contributed by atoms with Gasteiger partial charge in [0, 0.05) is 0 Å². The van der Waals surface area contributed by atoms with Crippen molar-refractivity contribution in [2.45, 2.75) is 19.4 Å². The largest absolute Gasteiger partial charge is 0.563 e. The van der Waals surface area contributed by atoms with Crippen molar-refractivity contribution in [2.24, 2.45) is 0 Å². The summed E-state index contributed by atoms with van der Waals surface area (Å²) in [6.07, 6.45) is 0. The van der Waals surface area contributed by atoms with Gasteiger partial charge in [0.25, 0.3) is 0 Å². The first-order valence-corrected chi connectivity index (χ1v) is 5.55. The van der Waals surface area contributed by atoms with Gasteiger partial charge >= 0.3 is 7.12 Å². The Hall–Kier alpha value is -1.44. The fourth-order valence-corrected chi connectivity index (χ4v) is 1.76. The Morgan fingerprint density at radius 1 is 1.47 bits per heavy atom. The summed E-state index contributed by atoms with van der Waals surface area (Å²) < 4.78 is 11.2. The Morgan fingerprint density at radius 3 is 2.65 bits per heavy atom. The summed E-state index contributed by atoms with van der Waals surface area (Å²) in [5.74, 6) is 0.586. The van der Waals surface area contributed by atoms with E-state index in [0.717, 1.165) is 5.46 Å². The standard InChI is InChI=1S/C12H11BClNO2/c1-8-12(2,3)17-13(16-8)10-5-4-9(7-15)11(14)6-10/h4-6H,1H2,2-3H3. The molecule has 2 rings (SSSR count). The van der Waals surface area contributed by atoms with E-state index < -0.39 is 12.7 Å². The van der Waals surface area contributed by atoms with Crippen molar-refractivity contribution >= 4 is 24.2 Å². The first-order chi connectivity index (χ1) is 7.94. The van der Waals surface area contributed by atoms with Crippen LogP contribution in [0.4, 0.5) is 0 Å². The molecular formula is C12H11BClNO2. The Labute approximate surface area is 106 Å². The molecule has 0 atom stereocenters. The molecule has 86 valence electrons. The van der Waals surface area contributed by atoms with E-state index in [0.29, 0.717) is 16.3 Å². The van der Waals surface area contributed by atoms with Crippen LogP contribution in [0.15, 0.2) is 30.5 Å². The molecule has 0 N–H and O–H groups in total. The van der Waals surface area contributed by atoms with Gasteiger partial charge < -0.3 is 9.31 Å². The lowest BCUT2D eigenvalue weighted by atomic mass is 9.79. The van der Waals surface area contributed by atoms with Gasteiger partial charge in [-0.25, -0.2) is 0 Å². The molecule has 1 aliphatic heterocycles. The Bertz CT molecular complexity index is 522. The number of halogens is 1. The summed E-state index contributed by atoms with van der Waals surface area (Å²) in [7, 11) is -0.511. The molecule has 1 aromatic carbocycles. The quantitative estimate of drug-likeness (QED) is 0.715. The zero-order chi connectivity index (χ0) is 12.6. The van der Waals surface area contributed by atoms with E-state index in [-0.39, 0.29) is 0 Å². The number of benzene rings is 1. The lowest BCUT2D eigenvalue weighted by Crippen LogP contribution is -2.34. The van der Waals surface area contributed by atoms with Crippen LogP contribution in [0.5, 0.6) is 0 Å². The second-order valence-corrected chi connectivity index (χ2v) is 4.76. The number of nitrogens with zero attached hydrogens (tertiary/aromatic N) is 1. The average Bonchev–Trinajstić information content (AvgIpc) is 2.53. The minimum Gasteiger partial charge on any atom is -0.534 e. The monoisotopic (exact) mass is 247 g/mol. The zero-order valence-corrected chi connectivity index (χ0v) is 10.4. The smallest absolute Gasteiger partial charge is 0.534 e. The SMILES string of the molecule is C=C1OB(c2ccc(C#N)c(Cl)c2)OC1(C)C. The van der Waals surface area contributed by atoms with Crippen LogP contribution < -0.4 is 5.46 Å². The van der Waals surface area contributed by atoms with Crippen LogP contribution in [0, 0.1) is 11.3 Å². The summed E-state index contributed by atoms with van der Waals surface area (Å²) in [5, 5.41) is 9.18. The van der Waals surface area contributed by atoms with Crippen molar-refractivity contribution < 1.29 is 9.31 Å². The van der Waals surface area contributed by atoms with E-state index in [1.807, 2.05) is 19.9 Å². The van der Waals surface area contributed by atoms with E-state index in [9.17, 15) is 0 Å². The van der Waals surface area contributed by atoms with E-state index in [1.165, 1.54) is 0 Å². The second-order valence-electron chi connectivity index (χ2n) is 4.35. The van der Waals surface area contributed by atoms with Crippen LogP contribution in [0.25, 0.3) is 0 Å². The van der Waals surface area contributed by atoms with Crippen molar-refractivity contribution in [2.75, 3.05) is 0 Å². The van der Waals surface area contributed by atoms with Crippen LogP contribution in [-0.4, -0.2) is 12.7 Å². The molecule has 0 aliphatic carbocycles. The van der Waals surface area contributed by atoms with Gasteiger partial charge in [-0.2, -0.15) is 5.26 Å². The maximum Gasteiger partial charge on any atom is 0.563 e. The Kier molecular flexibility index (Phi) is 2.90. The normalized spacial score (nSPS) is 17.8. The first-order valence-electron chi connectivity index (χ1n) is 5.17. The summed E-state index contributed by atoms with van der Waals surface area (Å²) >= 11 is 5.96. The van der Waals surface area contributed by atoms with Crippen molar-refractivity contribution in [3.8, 4) is 6.07 Å². The molecule has 0 saturated carbocycles. The fourth-order valence-electron chi connectivity index (χ4n) is 1.53. The molecule has 0 spiro atoms. The average molecular weight is 247 g/mol. The van der Waals surface area contributed by atoms with Crippen LogP contribution >= 0.6 is 11.6 Å². The first kappa shape index (κ1) is 12.0. The summed E-state index contributed by atoms with van der Waals surface area (Å²) in [6, 6.07) is 7.11. The van der Waals surface area contributed by atoms with Crippen molar-refractivity contribution in [1.82, 2.24) is 0 Å². The van der Waals surface area contributed by atoms with E-state index in [1.54, 1.807) is 18.2 Å². The number of hydrogen-bond acceptors (Lipinski definition) is 3. The van der Waals surface area contributed by atoms with Gasteiger partial charge in [-0.1, -0.05) is 24.2 Å². The third-order valence-corrected chi connectivity index (χ3v) is 3.02. The predicted molar refractivity (Wildman–Crippen MR) is 66.9 cm³/mol. The van der Waals surface area contributed by atoms with Crippen molar-refractivity contribution in [3.63, 3.8) is 0 Å². The molecule has 0 aromatic heterocycles. The summed E-state index contributed by atoms with van der Waals surface area (Å²) in [5.41, 5.74) is 0.706. The highest BCUT2D eigenvalue weighted by Crippen LogP contribution is 2.29. The highest BCUT2D eigenvalue weighted by Gasteiger charge is 2.42. The molecule has 0 amide bonds. The molecule has 1 heterocycles. The lowest BCUT2D eigenvalue weighted by molar-refractivity contribution is 0.173. The molecule has 0 unspecified atom stereocenters.